The van der Waals surface area contributed by atoms with Crippen LogP contribution in [0.3, 0.4) is 0 Å². The molecule has 2 aromatic heterocycles. The first-order valence-corrected chi connectivity index (χ1v) is 9.60. The molecule has 8 heteroatoms. The van der Waals surface area contributed by atoms with E-state index >= 15 is 0 Å². The maximum Gasteiger partial charge on any atom is 0.212 e. The molecular weight excluding hydrogens is 379 g/mol. The predicted octanol–water partition coefficient (Wildman–Crippen LogP) is 5.16. The predicted molar refractivity (Wildman–Crippen MR) is 101 cm³/mol. The van der Waals surface area contributed by atoms with E-state index in [0.717, 1.165) is 40.9 Å². The molecule has 3 heterocycles. The summed E-state index contributed by atoms with van der Waals surface area (Å²) in [5.74, 6) is 2.96. The second-order valence-electron chi connectivity index (χ2n) is 5.58. The minimum Gasteiger partial charge on any atom is -0.455 e. The van der Waals surface area contributed by atoms with E-state index in [9.17, 15) is 0 Å². The Labute approximate surface area is 159 Å². The molecule has 0 aliphatic carbocycles. The molecule has 1 aliphatic heterocycles. The van der Waals surface area contributed by atoms with Gasteiger partial charge in [-0.2, -0.15) is 9.78 Å². The largest absolute Gasteiger partial charge is 0.455 e. The molecule has 0 bridgehead atoms. The molecule has 1 aromatic carbocycles. The molecule has 4 rings (SSSR count). The number of hydrogen-bond donors (Lipinski definition) is 0. The van der Waals surface area contributed by atoms with Crippen LogP contribution in [0.1, 0.15) is 24.9 Å². The Morgan fingerprint density at radius 1 is 1.16 bits per heavy atom. The van der Waals surface area contributed by atoms with Crippen molar-refractivity contribution in [1.82, 2.24) is 14.9 Å². The lowest BCUT2D eigenvalue weighted by molar-refractivity contribution is 0.569. The summed E-state index contributed by atoms with van der Waals surface area (Å²) in [6, 6.07) is 9.15. The normalized spacial score (nSPS) is 13.6. The monoisotopic (exact) mass is 392 g/mol. The first kappa shape index (κ1) is 16.7. The van der Waals surface area contributed by atoms with Crippen LogP contribution in [0.25, 0.3) is 11.3 Å². The van der Waals surface area contributed by atoms with E-state index in [4.69, 9.17) is 27.6 Å². The quantitative estimate of drug-likeness (QED) is 0.615. The van der Waals surface area contributed by atoms with Gasteiger partial charge in [-0.05, 0) is 36.8 Å². The second kappa shape index (κ2) is 6.86. The number of furan rings is 1. The van der Waals surface area contributed by atoms with Crippen molar-refractivity contribution in [2.45, 2.75) is 24.9 Å². The van der Waals surface area contributed by atoms with Crippen molar-refractivity contribution in [2.24, 2.45) is 5.10 Å². The molecule has 0 spiro atoms. The average molecular weight is 393 g/mol. The fourth-order valence-corrected chi connectivity index (χ4v) is 3.93. The number of hydrogen-bond acceptors (Lipinski definition) is 5. The van der Waals surface area contributed by atoms with Crippen molar-refractivity contribution in [1.29, 1.82) is 0 Å². The zero-order chi connectivity index (χ0) is 17.4. The van der Waals surface area contributed by atoms with Crippen molar-refractivity contribution >= 4 is 40.7 Å². The molecule has 1 aliphatic rings. The van der Waals surface area contributed by atoms with Gasteiger partial charge in [-0.15, -0.1) is 10.2 Å². The molecule has 0 saturated carbocycles. The summed E-state index contributed by atoms with van der Waals surface area (Å²) in [7, 11) is 0. The van der Waals surface area contributed by atoms with E-state index in [0.29, 0.717) is 21.6 Å². The Bertz CT molecular complexity index is 963. The van der Waals surface area contributed by atoms with Gasteiger partial charge in [0.25, 0.3) is 0 Å². The molecule has 0 atom stereocenters. The van der Waals surface area contributed by atoms with Gasteiger partial charge in [0, 0.05) is 22.8 Å². The lowest BCUT2D eigenvalue weighted by atomic mass is 10.2. The number of fused-ring (bicyclic) bond motifs is 1. The standard InChI is InChI=1S/C17H14Cl2N4OS/c1-2-3-16-20-21-17-23(16)22-13(9-25-17)15-7-6-14(24-15)11-5-4-10(18)8-12(11)19/h4-8H,2-3,9H2,1H3. The Balaban J connectivity index is 1.68. The molecule has 0 radical (unpaired) electrons. The van der Waals surface area contributed by atoms with Crippen LogP contribution >= 0.6 is 35.0 Å². The van der Waals surface area contributed by atoms with Gasteiger partial charge < -0.3 is 4.42 Å². The highest BCUT2D eigenvalue weighted by atomic mass is 35.5. The van der Waals surface area contributed by atoms with E-state index in [-0.39, 0.29) is 0 Å². The van der Waals surface area contributed by atoms with Gasteiger partial charge in [0.1, 0.15) is 11.5 Å². The van der Waals surface area contributed by atoms with E-state index in [2.05, 4.69) is 22.2 Å². The third-order valence-electron chi connectivity index (χ3n) is 3.80. The number of nitrogens with zero attached hydrogens (tertiary/aromatic N) is 4. The number of aromatic nitrogens is 3. The highest BCUT2D eigenvalue weighted by molar-refractivity contribution is 7.99. The van der Waals surface area contributed by atoms with Crippen molar-refractivity contribution in [3.63, 3.8) is 0 Å². The molecule has 0 saturated heterocycles. The lowest BCUT2D eigenvalue weighted by Gasteiger charge is -2.12. The fraction of sp³-hybridized carbons (Fsp3) is 0.235. The van der Waals surface area contributed by atoms with Crippen molar-refractivity contribution < 1.29 is 4.42 Å². The van der Waals surface area contributed by atoms with Crippen molar-refractivity contribution in [3.8, 4) is 11.3 Å². The van der Waals surface area contributed by atoms with Crippen LogP contribution in [-0.2, 0) is 6.42 Å². The first-order valence-electron chi connectivity index (χ1n) is 7.86. The third kappa shape index (κ3) is 3.21. The summed E-state index contributed by atoms with van der Waals surface area (Å²) in [6.45, 7) is 2.11. The van der Waals surface area contributed by atoms with Gasteiger partial charge in [0.05, 0.1) is 5.02 Å². The van der Waals surface area contributed by atoms with Gasteiger partial charge in [0.15, 0.2) is 11.6 Å². The van der Waals surface area contributed by atoms with Gasteiger partial charge in [-0.25, -0.2) is 0 Å². The Morgan fingerprint density at radius 3 is 2.80 bits per heavy atom. The fourth-order valence-electron chi connectivity index (χ4n) is 2.60. The maximum absolute atomic E-state index is 6.27. The number of aryl methyl sites for hydroxylation is 1. The van der Waals surface area contributed by atoms with Gasteiger partial charge >= 0.3 is 0 Å². The summed E-state index contributed by atoms with van der Waals surface area (Å²) in [6.07, 6.45) is 1.84. The minimum atomic E-state index is 0.555. The molecule has 0 N–H and O–H groups in total. The molecule has 5 nitrogen and oxygen atoms in total. The first-order chi connectivity index (χ1) is 12.2. The third-order valence-corrected chi connectivity index (χ3v) is 5.27. The van der Waals surface area contributed by atoms with E-state index in [1.54, 1.807) is 23.9 Å². The number of thioether (sulfide) groups is 1. The van der Waals surface area contributed by atoms with Crippen molar-refractivity contribution in [2.75, 3.05) is 5.75 Å². The highest BCUT2D eigenvalue weighted by Gasteiger charge is 2.21. The second-order valence-corrected chi connectivity index (χ2v) is 7.37. The molecule has 3 aromatic rings. The van der Waals surface area contributed by atoms with Crippen LogP contribution in [0.4, 0.5) is 0 Å². The minimum absolute atomic E-state index is 0.555. The zero-order valence-corrected chi connectivity index (χ0v) is 15.7. The Hall–Kier alpha value is -1.76. The van der Waals surface area contributed by atoms with Gasteiger partial charge in [-0.1, -0.05) is 41.9 Å². The number of rotatable bonds is 4. The molecule has 0 unspecified atom stereocenters. The summed E-state index contributed by atoms with van der Waals surface area (Å²) in [5.41, 5.74) is 1.66. The summed E-state index contributed by atoms with van der Waals surface area (Å²) >= 11 is 13.8. The highest BCUT2D eigenvalue weighted by Crippen LogP contribution is 2.33. The van der Waals surface area contributed by atoms with Crippen LogP contribution in [0.15, 0.2) is 45.0 Å². The summed E-state index contributed by atoms with van der Waals surface area (Å²) in [4.78, 5) is 0. The van der Waals surface area contributed by atoms with Crippen LogP contribution in [-0.4, -0.2) is 26.3 Å². The van der Waals surface area contributed by atoms with E-state index < -0.39 is 0 Å². The van der Waals surface area contributed by atoms with Crippen LogP contribution in [0.2, 0.25) is 10.0 Å². The van der Waals surface area contributed by atoms with Crippen LogP contribution in [0, 0.1) is 0 Å². The Kier molecular flexibility index (Phi) is 4.58. The van der Waals surface area contributed by atoms with E-state index in [1.165, 1.54) is 0 Å². The topological polar surface area (TPSA) is 56.2 Å². The Morgan fingerprint density at radius 2 is 2.00 bits per heavy atom. The summed E-state index contributed by atoms with van der Waals surface area (Å²) < 4.78 is 7.81. The molecule has 0 fully saturated rings. The molecule has 0 amide bonds. The number of halogens is 2. The van der Waals surface area contributed by atoms with Gasteiger partial charge in [0.2, 0.25) is 5.16 Å². The van der Waals surface area contributed by atoms with Crippen LogP contribution in [0.5, 0.6) is 0 Å². The SMILES string of the molecule is CCCc1nnc2n1N=C(c1ccc(-c3ccc(Cl)cc3Cl)o1)CS2. The maximum atomic E-state index is 6.27. The summed E-state index contributed by atoms with van der Waals surface area (Å²) in [5, 5.41) is 15.0. The van der Waals surface area contributed by atoms with E-state index in [1.807, 2.05) is 22.9 Å². The average Bonchev–Trinajstić information content (AvgIpc) is 3.22. The van der Waals surface area contributed by atoms with Crippen LogP contribution < -0.4 is 0 Å². The smallest absolute Gasteiger partial charge is 0.212 e. The lowest BCUT2D eigenvalue weighted by Crippen LogP contribution is -2.14. The molecular formula is C17H14Cl2N4OS. The molecule has 128 valence electrons. The number of benzene rings is 1. The van der Waals surface area contributed by atoms with Crippen molar-refractivity contribution in [3.05, 3.63) is 52.0 Å². The zero-order valence-electron chi connectivity index (χ0n) is 13.4. The van der Waals surface area contributed by atoms with Gasteiger partial charge in [-0.3, -0.25) is 0 Å². The molecule has 25 heavy (non-hydrogen) atoms.